The van der Waals surface area contributed by atoms with E-state index in [0.29, 0.717) is 12.8 Å². The Hall–Kier alpha value is -1.06. The first-order valence-electron chi connectivity index (χ1n) is 4.59. The smallest absolute Gasteiger partial charge is 0.306 e. The maximum atomic E-state index is 11.2. The molecule has 0 spiro atoms. The van der Waals surface area contributed by atoms with Crippen molar-refractivity contribution in [3.05, 3.63) is 0 Å². The summed E-state index contributed by atoms with van der Waals surface area (Å²) >= 11 is 0. The Balaban J connectivity index is 2.51. The molecule has 1 aliphatic carbocycles. The van der Waals surface area contributed by atoms with Crippen molar-refractivity contribution in [3.8, 4) is 0 Å². The molecule has 1 aliphatic rings. The molecule has 2 N–H and O–H groups in total. The van der Waals surface area contributed by atoms with Gasteiger partial charge < -0.3 is 10.4 Å². The Kier molecular flexibility index (Phi) is 3.28. The van der Waals surface area contributed by atoms with E-state index in [9.17, 15) is 9.59 Å². The maximum absolute atomic E-state index is 11.2. The largest absolute Gasteiger partial charge is 0.481 e. The highest BCUT2D eigenvalue weighted by Gasteiger charge is 2.30. The lowest BCUT2D eigenvalue weighted by atomic mass is 9.81. The monoisotopic (exact) mass is 185 g/mol. The maximum Gasteiger partial charge on any atom is 0.306 e. The zero-order valence-corrected chi connectivity index (χ0v) is 7.75. The second-order valence-corrected chi connectivity index (χ2v) is 3.51. The first kappa shape index (κ1) is 10.0. The predicted octanol–water partition coefficient (Wildman–Crippen LogP) is 0.623. The van der Waals surface area contributed by atoms with Crippen molar-refractivity contribution in [1.29, 1.82) is 0 Å². The van der Waals surface area contributed by atoms with Crippen molar-refractivity contribution in [2.45, 2.75) is 25.7 Å². The fourth-order valence-corrected chi connectivity index (χ4v) is 1.86. The second-order valence-electron chi connectivity index (χ2n) is 3.51. The number of nitrogens with one attached hydrogen (secondary N) is 1. The Labute approximate surface area is 77.3 Å². The lowest BCUT2D eigenvalue weighted by molar-refractivity contribution is -0.144. The molecule has 13 heavy (non-hydrogen) atoms. The molecule has 1 rings (SSSR count). The zero-order chi connectivity index (χ0) is 9.84. The van der Waals surface area contributed by atoms with Crippen LogP contribution in [0.3, 0.4) is 0 Å². The molecule has 74 valence electrons. The number of carboxylic acid groups (broad SMARTS) is 1. The molecule has 1 fully saturated rings. The van der Waals surface area contributed by atoms with Crippen molar-refractivity contribution in [2.75, 3.05) is 7.05 Å². The quantitative estimate of drug-likeness (QED) is 0.662. The predicted molar refractivity (Wildman–Crippen MR) is 47.2 cm³/mol. The van der Waals surface area contributed by atoms with Crippen LogP contribution in [0.15, 0.2) is 0 Å². The standard InChI is InChI=1S/C9H15NO3/c1-10-8(11)6-3-2-4-7(5-6)9(12)13/h6-7H,2-5H2,1H3,(H,10,11)(H,12,13)/t6-,7?/m0/s1. The summed E-state index contributed by atoms with van der Waals surface area (Å²) in [6.07, 6.45) is 2.87. The molecule has 0 aromatic rings. The van der Waals surface area contributed by atoms with Crippen molar-refractivity contribution >= 4 is 11.9 Å². The molecule has 2 atom stereocenters. The SMILES string of the molecule is CNC(=O)[C@H]1CCCC(C(=O)O)C1. The van der Waals surface area contributed by atoms with Crippen LogP contribution < -0.4 is 5.32 Å². The molecule has 0 aromatic carbocycles. The lowest BCUT2D eigenvalue weighted by Gasteiger charge is -2.24. The van der Waals surface area contributed by atoms with Gasteiger partial charge in [0.15, 0.2) is 0 Å². The molecule has 0 aliphatic heterocycles. The minimum atomic E-state index is -0.770. The van der Waals surface area contributed by atoms with Crippen LogP contribution in [0.25, 0.3) is 0 Å². The Morgan fingerprint density at radius 1 is 1.31 bits per heavy atom. The van der Waals surface area contributed by atoms with E-state index in [-0.39, 0.29) is 17.7 Å². The minimum absolute atomic E-state index is 0.0223. The first-order valence-corrected chi connectivity index (χ1v) is 4.59. The summed E-state index contributed by atoms with van der Waals surface area (Å²) in [4.78, 5) is 21.9. The van der Waals surface area contributed by atoms with Crippen LogP contribution in [0.5, 0.6) is 0 Å². The van der Waals surface area contributed by atoms with E-state index in [1.54, 1.807) is 7.05 Å². The molecule has 4 heteroatoms. The van der Waals surface area contributed by atoms with Gasteiger partial charge in [0, 0.05) is 13.0 Å². The van der Waals surface area contributed by atoms with E-state index in [1.165, 1.54) is 0 Å². The van der Waals surface area contributed by atoms with Crippen LogP contribution in [-0.4, -0.2) is 24.0 Å². The molecule has 0 aromatic heterocycles. The van der Waals surface area contributed by atoms with Crippen LogP contribution in [0.4, 0.5) is 0 Å². The lowest BCUT2D eigenvalue weighted by Crippen LogP contribution is -2.33. The highest BCUT2D eigenvalue weighted by atomic mass is 16.4. The van der Waals surface area contributed by atoms with Gasteiger partial charge in [-0.15, -0.1) is 0 Å². The van der Waals surface area contributed by atoms with Gasteiger partial charge in [-0.1, -0.05) is 6.42 Å². The molecule has 1 amide bonds. The minimum Gasteiger partial charge on any atom is -0.481 e. The van der Waals surface area contributed by atoms with Crippen molar-refractivity contribution in [3.63, 3.8) is 0 Å². The molecule has 0 heterocycles. The number of carboxylic acids is 1. The van der Waals surface area contributed by atoms with E-state index < -0.39 is 5.97 Å². The Morgan fingerprint density at radius 2 is 1.92 bits per heavy atom. The normalized spacial score (nSPS) is 28.1. The molecule has 4 nitrogen and oxygen atoms in total. The average Bonchev–Trinajstić information content (AvgIpc) is 2.17. The van der Waals surface area contributed by atoms with Crippen LogP contribution in [0, 0.1) is 11.8 Å². The second kappa shape index (κ2) is 4.25. The van der Waals surface area contributed by atoms with Gasteiger partial charge in [-0.2, -0.15) is 0 Å². The summed E-state index contributed by atoms with van der Waals surface area (Å²) in [7, 11) is 1.59. The number of carbonyl (C=O) groups is 2. The highest BCUT2D eigenvalue weighted by molar-refractivity contribution is 5.79. The summed E-state index contributed by atoms with van der Waals surface area (Å²) in [6.45, 7) is 0. The van der Waals surface area contributed by atoms with Gasteiger partial charge >= 0.3 is 5.97 Å². The van der Waals surface area contributed by atoms with E-state index in [0.717, 1.165) is 12.8 Å². The van der Waals surface area contributed by atoms with Gasteiger partial charge in [-0.3, -0.25) is 9.59 Å². The summed E-state index contributed by atoms with van der Waals surface area (Å²) in [6, 6.07) is 0. The molecule has 0 radical (unpaired) electrons. The highest BCUT2D eigenvalue weighted by Crippen LogP contribution is 2.29. The molecule has 1 saturated carbocycles. The molecular weight excluding hydrogens is 170 g/mol. The van der Waals surface area contributed by atoms with Gasteiger partial charge in [-0.25, -0.2) is 0 Å². The topological polar surface area (TPSA) is 66.4 Å². The van der Waals surface area contributed by atoms with E-state index >= 15 is 0 Å². The van der Waals surface area contributed by atoms with Crippen LogP contribution in [0.2, 0.25) is 0 Å². The molecular formula is C9H15NO3. The third kappa shape index (κ3) is 2.44. The Morgan fingerprint density at radius 3 is 2.46 bits per heavy atom. The van der Waals surface area contributed by atoms with Crippen molar-refractivity contribution in [1.82, 2.24) is 5.32 Å². The van der Waals surface area contributed by atoms with Crippen molar-refractivity contribution < 1.29 is 14.7 Å². The van der Waals surface area contributed by atoms with Gasteiger partial charge in [0.25, 0.3) is 0 Å². The van der Waals surface area contributed by atoms with E-state index in [1.807, 2.05) is 0 Å². The van der Waals surface area contributed by atoms with Crippen LogP contribution in [0.1, 0.15) is 25.7 Å². The number of aliphatic carboxylic acids is 1. The third-order valence-corrected chi connectivity index (χ3v) is 2.64. The van der Waals surface area contributed by atoms with E-state index in [4.69, 9.17) is 5.11 Å². The summed E-state index contributed by atoms with van der Waals surface area (Å²) < 4.78 is 0. The fourth-order valence-electron chi connectivity index (χ4n) is 1.86. The van der Waals surface area contributed by atoms with Gasteiger partial charge in [0.2, 0.25) is 5.91 Å². The van der Waals surface area contributed by atoms with Crippen LogP contribution in [-0.2, 0) is 9.59 Å². The average molecular weight is 185 g/mol. The number of hydrogen-bond acceptors (Lipinski definition) is 2. The first-order chi connectivity index (χ1) is 6.15. The fraction of sp³-hybridized carbons (Fsp3) is 0.778. The molecule has 0 bridgehead atoms. The van der Waals surface area contributed by atoms with Gasteiger partial charge in [-0.05, 0) is 19.3 Å². The number of carbonyl (C=O) groups excluding carboxylic acids is 1. The zero-order valence-electron chi connectivity index (χ0n) is 7.75. The molecule has 1 unspecified atom stereocenters. The molecule has 0 saturated heterocycles. The number of amides is 1. The number of rotatable bonds is 2. The Bertz CT molecular complexity index is 215. The third-order valence-electron chi connectivity index (χ3n) is 2.64. The van der Waals surface area contributed by atoms with Gasteiger partial charge in [0.1, 0.15) is 0 Å². The summed E-state index contributed by atoms with van der Waals surface area (Å²) in [5.74, 6) is -1.21. The van der Waals surface area contributed by atoms with Gasteiger partial charge in [0.05, 0.1) is 5.92 Å². The van der Waals surface area contributed by atoms with Crippen LogP contribution >= 0.6 is 0 Å². The summed E-state index contributed by atoms with van der Waals surface area (Å²) in [5, 5.41) is 11.3. The van der Waals surface area contributed by atoms with E-state index in [2.05, 4.69) is 5.32 Å². The number of hydrogen-bond donors (Lipinski definition) is 2. The summed E-state index contributed by atoms with van der Waals surface area (Å²) in [5.41, 5.74) is 0. The van der Waals surface area contributed by atoms with Crippen molar-refractivity contribution in [2.24, 2.45) is 11.8 Å².